The summed E-state index contributed by atoms with van der Waals surface area (Å²) in [6, 6.07) is 4.84. The molecule has 1 fully saturated rings. The number of aliphatic carboxylic acids is 1. The average Bonchev–Trinajstić information content (AvgIpc) is 3.28. The van der Waals surface area contributed by atoms with Crippen molar-refractivity contribution >= 4 is 46.9 Å². The number of carbonyl (C=O) groups excluding carboxylic acids is 3. The summed E-state index contributed by atoms with van der Waals surface area (Å²) in [5.41, 5.74) is 0.574. The Kier molecular flexibility index (Phi) is 6.66. The summed E-state index contributed by atoms with van der Waals surface area (Å²) < 4.78 is 15.7. The number of imide groups is 1. The van der Waals surface area contributed by atoms with Crippen LogP contribution < -0.4 is 14.3 Å². The van der Waals surface area contributed by atoms with Crippen molar-refractivity contribution in [2.24, 2.45) is 5.92 Å². The number of nitrogens with one attached hydrogen (secondary N) is 1. The number of carboxylic acids is 1. The molecule has 11 nitrogen and oxygen atoms in total. The van der Waals surface area contributed by atoms with Crippen molar-refractivity contribution in [3.8, 4) is 11.5 Å². The lowest BCUT2D eigenvalue weighted by molar-refractivity contribution is -0.149. The van der Waals surface area contributed by atoms with E-state index in [0.29, 0.717) is 15.5 Å². The molecule has 1 aromatic carbocycles. The van der Waals surface area contributed by atoms with Gasteiger partial charge in [0.2, 0.25) is 11.8 Å². The molecule has 2 unspecified atom stereocenters. The molecule has 13 heteroatoms. The van der Waals surface area contributed by atoms with Crippen LogP contribution in [0.1, 0.15) is 23.3 Å². The minimum atomic E-state index is -1.30. The first-order valence-corrected chi connectivity index (χ1v) is 11.9. The van der Waals surface area contributed by atoms with Crippen LogP contribution in [-0.4, -0.2) is 70.9 Å². The zero-order valence-corrected chi connectivity index (χ0v) is 19.7. The maximum atomic E-state index is 13.2. The highest BCUT2D eigenvalue weighted by molar-refractivity contribution is 8.00. The summed E-state index contributed by atoms with van der Waals surface area (Å²) >= 11 is 2.00. The van der Waals surface area contributed by atoms with E-state index in [9.17, 15) is 24.0 Å². The van der Waals surface area contributed by atoms with E-state index in [-0.39, 0.29) is 29.6 Å². The summed E-state index contributed by atoms with van der Waals surface area (Å²) in [6.45, 7) is 0.842. The Morgan fingerprint density at radius 1 is 1.18 bits per heavy atom. The molecule has 0 saturated carbocycles. The van der Waals surface area contributed by atoms with Crippen molar-refractivity contribution in [2.75, 3.05) is 26.9 Å². The number of carbonyl (C=O) groups is 4. The number of hydrogen-bond acceptors (Lipinski definition) is 10. The van der Waals surface area contributed by atoms with Crippen LogP contribution in [0.25, 0.3) is 0 Å². The number of benzene rings is 1. The minimum Gasteiger partial charge on any atom is -0.493 e. The summed E-state index contributed by atoms with van der Waals surface area (Å²) in [5, 5.41) is 8.75. The number of fused-ring (bicyclic) bond motifs is 2. The number of esters is 1. The van der Waals surface area contributed by atoms with Crippen LogP contribution in [0.5, 0.6) is 11.5 Å². The molecule has 0 spiro atoms. The van der Waals surface area contributed by atoms with Gasteiger partial charge in [-0.3, -0.25) is 24.1 Å². The molecule has 180 valence electrons. The zero-order valence-electron chi connectivity index (χ0n) is 18.1. The Labute approximate surface area is 201 Å². The highest BCUT2D eigenvalue weighted by Gasteiger charge is 2.56. The van der Waals surface area contributed by atoms with E-state index in [1.54, 1.807) is 25.1 Å². The van der Waals surface area contributed by atoms with Gasteiger partial charge in [0.25, 0.3) is 0 Å². The molecule has 2 amide bonds. The number of thiazole rings is 1. The number of amides is 2. The lowest BCUT2D eigenvalue weighted by Crippen LogP contribution is -2.36. The van der Waals surface area contributed by atoms with Gasteiger partial charge in [0.1, 0.15) is 11.8 Å². The van der Waals surface area contributed by atoms with Crippen LogP contribution in [0.15, 0.2) is 28.0 Å². The number of rotatable bonds is 8. The summed E-state index contributed by atoms with van der Waals surface area (Å²) in [5.74, 6) is -4.09. The van der Waals surface area contributed by atoms with Crippen LogP contribution in [0.2, 0.25) is 0 Å². The first kappa shape index (κ1) is 23.8. The quantitative estimate of drug-likeness (QED) is 0.391. The summed E-state index contributed by atoms with van der Waals surface area (Å²) in [7, 11) is 1.41. The molecule has 3 atom stereocenters. The van der Waals surface area contributed by atoms with Gasteiger partial charge >= 0.3 is 16.8 Å². The van der Waals surface area contributed by atoms with Gasteiger partial charge in [0.15, 0.2) is 18.1 Å². The molecule has 2 aliphatic heterocycles. The number of thioether (sulfide) groups is 1. The number of H-pyrrole nitrogens is 1. The Hall–Kier alpha value is -3.32. The first-order chi connectivity index (χ1) is 16.2. The van der Waals surface area contributed by atoms with Crippen LogP contribution in [-0.2, 0) is 23.9 Å². The number of ether oxygens (including phenoxy) is 3. The standard InChI is InChI=1S/C21H20N2O9S2/c1-3-31-13(26)8-32-10-5-4-9(6-11(10)30-2)14-15-17(33-18-16(14)34-21(29)22-18)20(28)23(19(15)27)7-12(24)25/h4-6,14-15,17H,3,7-8H2,1-2H3,(H,22,29)(H,24,25)/t14-,15?,17?/m1/s1. The van der Waals surface area contributed by atoms with Gasteiger partial charge in [0, 0.05) is 10.8 Å². The Morgan fingerprint density at radius 2 is 1.94 bits per heavy atom. The van der Waals surface area contributed by atoms with Gasteiger partial charge in [-0.15, -0.1) is 0 Å². The molecule has 1 saturated heterocycles. The van der Waals surface area contributed by atoms with Crippen LogP contribution in [0.3, 0.4) is 0 Å². The molecule has 4 rings (SSSR count). The van der Waals surface area contributed by atoms with E-state index in [2.05, 4.69) is 4.98 Å². The smallest absolute Gasteiger partial charge is 0.344 e. The Bertz CT molecular complexity index is 1220. The highest BCUT2D eigenvalue weighted by Crippen LogP contribution is 2.53. The van der Waals surface area contributed by atoms with Crippen LogP contribution >= 0.6 is 23.1 Å². The maximum Gasteiger partial charge on any atom is 0.344 e. The van der Waals surface area contributed by atoms with Gasteiger partial charge in [-0.05, 0) is 24.6 Å². The topological polar surface area (TPSA) is 152 Å². The number of likely N-dealkylation sites (tertiary alicyclic amines) is 1. The number of nitrogens with zero attached hydrogens (tertiary/aromatic N) is 1. The molecular weight excluding hydrogens is 488 g/mol. The fourth-order valence-electron chi connectivity index (χ4n) is 4.06. The van der Waals surface area contributed by atoms with Crippen molar-refractivity contribution in [2.45, 2.75) is 23.1 Å². The molecule has 2 aromatic rings. The average molecular weight is 509 g/mol. The number of aromatic nitrogens is 1. The van der Waals surface area contributed by atoms with E-state index in [1.807, 2.05) is 0 Å². The zero-order chi connectivity index (χ0) is 24.6. The molecule has 34 heavy (non-hydrogen) atoms. The summed E-state index contributed by atoms with van der Waals surface area (Å²) in [6.07, 6.45) is 0. The fraction of sp³-hybridized carbons (Fsp3) is 0.381. The SMILES string of the molecule is CCOC(=O)COc1ccc([C@H]2c3sc(=O)[nH]c3SC3C(=O)N(CC(=O)O)C(=O)C32)cc1OC. The number of hydrogen-bond donors (Lipinski definition) is 2. The van der Waals surface area contributed by atoms with E-state index < -0.39 is 47.4 Å². The molecular formula is C21H20N2O9S2. The Morgan fingerprint density at radius 3 is 2.62 bits per heavy atom. The van der Waals surface area contributed by atoms with E-state index in [0.717, 1.165) is 28.0 Å². The molecule has 2 aliphatic rings. The predicted octanol–water partition coefficient (Wildman–Crippen LogP) is 1.06. The van der Waals surface area contributed by atoms with Crippen LogP contribution in [0.4, 0.5) is 0 Å². The summed E-state index contributed by atoms with van der Waals surface area (Å²) in [4.78, 5) is 64.8. The van der Waals surface area contributed by atoms with Crippen molar-refractivity contribution in [3.05, 3.63) is 38.3 Å². The molecule has 0 radical (unpaired) electrons. The van der Waals surface area contributed by atoms with Crippen molar-refractivity contribution in [1.29, 1.82) is 0 Å². The monoisotopic (exact) mass is 508 g/mol. The molecule has 3 heterocycles. The largest absolute Gasteiger partial charge is 0.493 e. The maximum absolute atomic E-state index is 13.2. The third kappa shape index (κ3) is 4.28. The second-order valence-corrected chi connectivity index (χ2v) is 9.58. The first-order valence-electron chi connectivity index (χ1n) is 10.2. The van der Waals surface area contributed by atoms with Gasteiger partial charge in [0.05, 0.1) is 24.7 Å². The predicted molar refractivity (Wildman–Crippen MR) is 119 cm³/mol. The van der Waals surface area contributed by atoms with Crippen molar-refractivity contribution < 1.29 is 38.5 Å². The van der Waals surface area contributed by atoms with E-state index in [1.165, 1.54) is 7.11 Å². The minimum absolute atomic E-state index is 0.216. The lowest BCUT2D eigenvalue weighted by atomic mass is 9.83. The van der Waals surface area contributed by atoms with E-state index in [4.69, 9.17) is 19.3 Å². The normalized spacial score (nSPS) is 21.1. The second-order valence-electron chi connectivity index (χ2n) is 7.41. The van der Waals surface area contributed by atoms with E-state index >= 15 is 0 Å². The fourth-order valence-corrected chi connectivity index (χ4v) is 6.60. The van der Waals surface area contributed by atoms with Crippen molar-refractivity contribution in [3.63, 3.8) is 0 Å². The molecule has 1 aromatic heterocycles. The number of aromatic amines is 1. The second kappa shape index (κ2) is 9.50. The van der Waals surface area contributed by atoms with Gasteiger partial charge in [-0.2, -0.15) is 0 Å². The Balaban J connectivity index is 1.73. The molecule has 2 N–H and O–H groups in total. The van der Waals surface area contributed by atoms with Gasteiger partial charge in [-0.25, -0.2) is 4.79 Å². The number of methoxy groups -OCH3 is 1. The molecule has 0 aliphatic carbocycles. The van der Waals surface area contributed by atoms with Crippen molar-refractivity contribution in [1.82, 2.24) is 9.88 Å². The third-order valence-electron chi connectivity index (χ3n) is 5.41. The number of carboxylic acid groups (broad SMARTS) is 1. The van der Waals surface area contributed by atoms with Gasteiger partial charge in [-0.1, -0.05) is 29.2 Å². The highest BCUT2D eigenvalue weighted by atomic mass is 32.2. The van der Waals surface area contributed by atoms with Crippen LogP contribution in [0, 0.1) is 5.92 Å². The third-order valence-corrected chi connectivity index (χ3v) is 7.81. The van der Waals surface area contributed by atoms with Gasteiger partial charge < -0.3 is 24.3 Å². The molecule has 0 bridgehead atoms. The lowest BCUT2D eigenvalue weighted by Gasteiger charge is -2.30.